The van der Waals surface area contributed by atoms with Crippen molar-refractivity contribution < 1.29 is 9.90 Å². The van der Waals surface area contributed by atoms with Gasteiger partial charge in [-0.1, -0.05) is 11.3 Å². The van der Waals surface area contributed by atoms with Crippen molar-refractivity contribution in [3.05, 3.63) is 23.0 Å². The zero-order chi connectivity index (χ0) is 13.4. The fourth-order valence-electron chi connectivity index (χ4n) is 1.43. The number of aromatic nitrogens is 6. The lowest BCUT2D eigenvalue weighted by Gasteiger charge is -1.98. The molecule has 3 aromatic heterocycles. The predicted molar refractivity (Wildman–Crippen MR) is 66.5 cm³/mol. The highest BCUT2D eigenvalue weighted by Crippen LogP contribution is 2.32. The van der Waals surface area contributed by atoms with Gasteiger partial charge in [-0.15, -0.1) is 5.10 Å². The van der Waals surface area contributed by atoms with Crippen LogP contribution in [0, 0.1) is 6.92 Å². The summed E-state index contributed by atoms with van der Waals surface area (Å²) in [5.41, 5.74) is 1.02. The van der Waals surface area contributed by atoms with Crippen LogP contribution in [0.15, 0.2) is 21.8 Å². The summed E-state index contributed by atoms with van der Waals surface area (Å²) in [5, 5.41) is 20.8. The van der Waals surface area contributed by atoms with E-state index >= 15 is 0 Å². The van der Waals surface area contributed by atoms with Gasteiger partial charge in [0, 0.05) is 0 Å². The minimum atomic E-state index is -0.972. The molecule has 19 heavy (non-hydrogen) atoms. The maximum atomic E-state index is 11.0. The molecule has 0 unspecified atom stereocenters. The summed E-state index contributed by atoms with van der Waals surface area (Å²) < 4.78 is 2.13. The van der Waals surface area contributed by atoms with E-state index in [0.717, 1.165) is 11.3 Å². The van der Waals surface area contributed by atoms with E-state index in [2.05, 4.69) is 25.5 Å². The summed E-state index contributed by atoms with van der Waals surface area (Å²) in [4.78, 5) is 19.4. The molecule has 0 aliphatic heterocycles. The number of hydrogen-bond donors (Lipinski definition) is 1. The second-order valence-electron chi connectivity index (χ2n) is 3.50. The highest BCUT2D eigenvalue weighted by atomic mass is 32.2. The lowest BCUT2D eigenvalue weighted by molar-refractivity contribution is 0.0701. The van der Waals surface area contributed by atoms with E-state index in [1.54, 1.807) is 19.3 Å². The maximum Gasteiger partial charge on any atom is 0.347 e. The van der Waals surface area contributed by atoms with Crippen LogP contribution in [0.4, 0.5) is 0 Å². The van der Waals surface area contributed by atoms with Crippen molar-refractivity contribution in [1.82, 2.24) is 30.0 Å². The van der Waals surface area contributed by atoms with Gasteiger partial charge in [0.1, 0.15) is 9.90 Å². The summed E-state index contributed by atoms with van der Waals surface area (Å²) in [6.45, 7) is 1.67. The molecule has 0 fully saturated rings. The smallest absolute Gasteiger partial charge is 0.347 e. The third kappa shape index (κ3) is 2.15. The van der Waals surface area contributed by atoms with Gasteiger partial charge >= 0.3 is 5.97 Å². The number of aryl methyl sites for hydroxylation is 1. The molecule has 0 aromatic carbocycles. The van der Waals surface area contributed by atoms with E-state index in [9.17, 15) is 4.79 Å². The highest BCUT2D eigenvalue weighted by molar-refractivity contribution is 8.01. The van der Waals surface area contributed by atoms with Gasteiger partial charge < -0.3 is 5.11 Å². The number of aromatic carboxylic acids is 1. The summed E-state index contributed by atoms with van der Waals surface area (Å²) in [7, 11) is 0. The van der Waals surface area contributed by atoms with Gasteiger partial charge in [-0.3, -0.25) is 4.98 Å². The van der Waals surface area contributed by atoms with Crippen LogP contribution in [0.25, 0.3) is 5.65 Å². The molecule has 1 N–H and O–H groups in total. The Hall–Kier alpha value is -2.07. The molecule has 0 amide bonds. The number of rotatable bonds is 3. The second-order valence-corrected chi connectivity index (χ2v) is 5.76. The summed E-state index contributed by atoms with van der Waals surface area (Å²) in [6, 6.07) is 0. The Morgan fingerprint density at radius 1 is 1.47 bits per heavy atom. The van der Waals surface area contributed by atoms with E-state index < -0.39 is 5.97 Å². The lowest BCUT2D eigenvalue weighted by Crippen LogP contribution is -1.94. The van der Waals surface area contributed by atoms with Gasteiger partial charge in [-0.2, -0.15) is 4.52 Å². The monoisotopic (exact) mass is 294 g/mol. The van der Waals surface area contributed by atoms with E-state index in [1.807, 2.05) is 0 Å². The van der Waals surface area contributed by atoms with Crippen LogP contribution in [0.5, 0.6) is 0 Å². The Balaban J connectivity index is 1.99. The molecule has 0 saturated carbocycles. The Bertz CT molecular complexity index is 767. The van der Waals surface area contributed by atoms with Crippen LogP contribution in [-0.2, 0) is 0 Å². The van der Waals surface area contributed by atoms with E-state index in [0.29, 0.717) is 20.7 Å². The first kappa shape index (κ1) is 12.0. The standard InChI is InChI=1S/C9H6N6O2S2/c1-4-7(8(16)17)19-9(11-4)18-6-3-10-2-5-12-13-14-15(5)6/h2-3H,1H3,(H,16,17). The number of hydrogen-bond acceptors (Lipinski definition) is 8. The first-order valence-electron chi connectivity index (χ1n) is 5.06. The van der Waals surface area contributed by atoms with Crippen LogP contribution in [0.1, 0.15) is 15.4 Å². The number of fused-ring (bicyclic) bond motifs is 1. The zero-order valence-electron chi connectivity index (χ0n) is 9.51. The van der Waals surface area contributed by atoms with Crippen molar-refractivity contribution in [3.8, 4) is 0 Å². The third-order valence-corrected chi connectivity index (χ3v) is 4.43. The Labute approximate surface area is 114 Å². The van der Waals surface area contributed by atoms with Gasteiger partial charge in [-0.05, 0) is 29.1 Å². The van der Waals surface area contributed by atoms with Gasteiger partial charge in [0.15, 0.2) is 9.99 Å². The molecule has 0 spiro atoms. The third-order valence-electron chi connectivity index (χ3n) is 2.24. The molecule has 10 heteroatoms. The summed E-state index contributed by atoms with van der Waals surface area (Å²) in [6.07, 6.45) is 3.14. The molecule has 0 bridgehead atoms. The Kier molecular flexibility index (Phi) is 2.87. The van der Waals surface area contributed by atoms with E-state index in [-0.39, 0.29) is 4.88 Å². The highest BCUT2D eigenvalue weighted by Gasteiger charge is 2.16. The molecule has 0 aliphatic carbocycles. The first-order valence-corrected chi connectivity index (χ1v) is 6.69. The molecular weight excluding hydrogens is 288 g/mol. The molecule has 3 rings (SSSR count). The van der Waals surface area contributed by atoms with E-state index in [4.69, 9.17) is 5.11 Å². The molecule has 0 radical (unpaired) electrons. The van der Waals surface area contributed by atoms with Crippen LogP contribution < -0.4 is 0 Å². The van der Waals surface area contributed by atoms with E-state index in [1.165, 1.54) is 16.3 Å². The first-order chi connectivity index (χ1) is 9.15. The Morgan fingerprint density at radius 3 is 3.05 bits per heavy atom. The minimum absolute atomic E-state index is 0.236. The van der Waals surface area contributed by atoms with Crippen LogP contribution in [0.3, 0.4) is 0 Å². The van der Waals surface area contributed by atoms with Gasteiger partial charge in [-0.25, -0.2) is 9.78 Å². The van der Waals surface area contributed by atoms with Crippen LogP contribution in [-0.4, -0.2) is 41.1 Å². The molecule has 96 valence electrons. The number of carbonyl (C=O) groups is 1. The maximum absolute atomic E-state index is 11.0. The average molecular weight is 294 g/mol. The zero-order valence-corrected chi connectivity index (χ0v) is 11.1. The molecule has 3 heterocycles. The lowest BCUT2D eigenvalue weighted by atomic mass is 10.4. The van der Waals surface area contributed by atoms with Crippen molar-refractivity contribution in [3.63, 3.8) is 0 Å². The molecule has 0 aliphatic rings. The fourth-order valence-corrected chi connectivity index (χ4v) is 3.43. The van der Waals surface area contributed by atoms with Crippen molar-refractivity contribution in [2.75, 3.05) is 0 Å². The predicted octanol–water partition coefficient (Wildman–Crippen LogP) is 1.13. The van der Waals surface area contributed by atoms with Crippen molar-refractivity contribution in [2.24, 2.45) is 0 Å². The van der Waals surface area contributed by atoms with Crippen LogP contribution in [0.2, 0.25) is 0 Å². The van der Waals surface area contributed by atoms with Crippen molar-refractivity contribution >= 4 is 34.7 Å². The molecule has 0 atom stereocenters. The largest absolute Gasteiger partial charge is 0.477 e. The number of tetrazole rings is 1. The van der Waals surface area contributed by atoms with Gasteiger partial charge in [0.2, 0.25) is 0 Å². The number of carboxylic acid groups (broad SMARTS) is 1. The van der Waals surface area contributed by atoms with Crippen molar-refractivity contribution in [2.45, 2.75) is 16.3 Å². The number of carboxylic acids is 1. The average Bonchev–Trinajstić information content (AvgIpc) is 2.96. The quantitative estimate of drug-likeness (QED) is 0.766. The minimum Gasteiger partial charge on any atom is -0.477 e. The van der Waals surface area contributed by atoms with Crippen molar-refractivity contribution in [1.29, 1.82) is 0 Å². The molecule has 8 nitrogen and oxygen atoms in total. The van der Waals surface area contributed by atoms with Crippen LogP contribution >= 0.6 is 23.1 Å². The second kappa shape index (κ2) is 4.55. The van der Waals surface area contributed by atoms with Gasteiger partial charge in [0.05, 0.1) is 18.1 Å². The SMILES string of the molecule is Cc1nc(Sc2cncc3nnnn23)sc1C(=O)O. The number of nitrogens with zero attached hydrogens (tertiary/aromatic N) is 6. The number of thiazole rings is 1. The normalized spacial score (nSPS) is 11.0. The topological polar surface area (TPSA) is 106 Å². The fraction of sp³-hybridized carbons (Fsp3) is 0.111. The summed E-state index contributed by atoms with van der Waals surface area (Å²) >= 11 is 2.39. The molecule has 3 aromatic rings. The summed E-state index contributed by atoms with van der Waals surface area (Å²) in [5.74, 6) is -0.972. The molecular formula is C9H6N6O2S2. The Morgan fingerprint density at radius 2 is 2.32 bits per heavy atom. The molecule has 0 saturated heterocycles. The van der Waals surface area contributed by atoms with Gasteiger partial charge in [0.25, 0.3) is 0 Å².